The van der Waals surface area contributed by atoms with Crippen molar-refractivity contribution < 1.29 is 4.74 Å². The van der Waals surface area contributed by atoms with E-state index < -0.39 is 0 Å². The summed E-state index contributed by atoms with van der Waals surface area (Å²) in [5, 5.41) is 3.44. The van der Waals surface area contributed by atoms with Crippen LogP contribution in [0.15, 0.2) is 23.2 Å². The van der Waals surface area contributed by atoms with Crippen LogP contribution in [-0.4, -0.2) is 34.1 Å². The topological polar surface area (TPSA) is 51.5 Å². The second kappa shape index (κ2) is 5.09. The third kappa shape index (κ3) is 2.74. The van der Waals surface area contributed by atoms with Gasteiger partial charge < -0.3 is 14.5 Å². The molecule has 1 fully saturated rings. The molecule has 6 heteroatoms. The summed E-state index contributed by atoms with van der Waals surface area (Å²) in [7, 11) is 0. The van der Waals surface area contributed by atoms with Crippen LogP contribution in [0.5, 0.6) is 0 Å². The van der Waals surface area contributed by atoms with E-state index in [1.165, 1.54) is 0 Å². The van der Waals surface area contributed by atoms with Gasteiger partial charge in [0.05, 0.1) is 0 Å². The lowest BCUT2D eigenvalue weighted by Gasteiger charge is -2.33. The van der Waals surface area contributed by atoms with Gasteiger partial charge in [-0.25, -0.2) is 9.97 Å². The Morgan fingerprint density at radius 2 is 2.26 bits per heavy atom. The minimum atomic E-state index is 0.270. The molecule has 1 N–H and O–H groups in total. The van der Waals surface area contributed by atoms with Crippen molar-refractivity contribution in [3.8, 4) is 0 Å². The molecule has 0 saturated carbocycles. The molecular weight excluding hydrogens is 308 g/mol. The highest BCUT2D eigenvalue weighted by Gasteiger charge is 2.27. The van der Waals surface area contributed by atoms with Gasteiger partial charge in [-0.05, 0) is 34.2 Å². The number of nitrogens with one attached hydrogen (secondary N) is 1. The Morgan fingerprint density at radius 1 is 1.47 bits per heavy atom. The van der Waals surface area contributed by atoms with E-state index >= 15 is 0 Å². The standard InChI is InChI=1S/C13H17BrN4O/c1-13(2-6-19-7-3-13)9-16-11-12-15-4-5-18(12)8-10(14)17-11/h4-5,8H,2-3,6-7,9H2,1H3,(H,16,17). The average molecular weight is 325 g/mol. The third-order valence-electron chi connectivity index (χ3n) is 3.73. The Balaban J connectivity index is 1.79. The minimum absolute atomic E-state index is 0.270. The normalized spacial score (nSPS) is 18.6. The molecule has 1 aliphatic rings. The quantitative estimate of drug-likeness (QED) is 0.943. The summed E-state index contributed by atoms with van der Waals surface area (Å²) in [6.07, 6.45) is 7.77. The van der Waals surface area contributed by atoms with E-state index in [0.29, 0.717) is 0 Å². The first-order valence-corrected chi connectivity index (χ1v) is 7.26. The van der Waals surface area contributed by atoms with E-state index in [1.54, 1.807) is 6.20 Å². The van der Waals surface area contributed by atoms with Gasteiger partial charge in [-0.2, -0.15) is 0 Å². The van der Waals surface area contributed by atoms with Crippen LogP contribution >= 0.6 is 15.9 Å². The molecule has 3 rings (SSSR count). The van der Waals surface area contributed by atoms with Crippen LogP contribution in [0, 0.1) is 5.41 Å². The van der Waals surface area contributed by atoms with Crippen molar-refractivity contribution >= 4 is 27.4 Å². The van der Waals surface area contributed by atoms with Crippen molar-refractivity contribution in [3.63, 3.8) is 0 Å². The third-order valence-corrected chi connectivity index (χ3v) is 4.11. The molecule has 0 radical (unpaired) electrons. The zero-order chi connectivity index (χ0) is 13.3. The van der Waals surface area contributed by atoms with Gasteiger partial charge >= 0.3 is 0 Å². The zero-order valence-electron chi connectivity index (χ0n) is 10.9. The van der Waals surface area contributed by atoms with Crippen LogP contribution in [0.3, 0.4) is 0 Å². The number of ether oxygens (including phenoxy) is 1. The summed E-state index contributed by atoms with van der Waals surface area (Å²) >= 11 is 3.43. The van der Waals surface area contributed by atoms with Gasteiger partial charge in [0.15, 0.2) is 11.5 Å². The number of halogens is 1. The van der Waals surface area contributed by atoms with Gasteiger partial charge in [0, 0.05) is 38.3 Å². The fourth-order valence-electron chi connectivity index (χ4n) is 2.36. The van der Waals surface area contributed by atoms with Crippen LogP contribution in [0.25, 0.3) is 5.65 Å². The second-order valence-corrected chi connectivity index (χ2v) is 6.16. The molecular formula is C13H17BrN4O. The van der Waals surface area contributed by atoms with Crippen LogP contribution in [0.4, 0.5) is 5.82 Å². The van der Waals surface area contributed by atoms with Gasteiger partial charge in [0.1, 0.15) is 4.60 Å². The molecule has 2 aromatic heterocycles. The Kier molecular flexibility index (Phi) is 3.45. The maximum absolute atomic E-state index is 5.43. The van der Waals surface area contributed by atoms with Crippen molar-refractivity contribution in [2.24, 2.45) is 5.41 Å². The smallest absolute Gasteiger partial charge is 0.180 e. The number of hydrogen-bond donors (Lipinski definition) is 1. The van der Waals surface area contributed by atoms with Crippen LogP contribution in [0.1, 0.15) is 19.8 Å². The number of fused-ring (bicyclic) bond motifs is 1. The molecule has 0 unspecified atom stereocenters. The van der Waals surface area contributed by atoms with Crippen LogP contribution in [-0.2, 0) is 4.74 Å². The van der Waals surface area contributed by atoms with Gasteiger partial charge in [-0.1, -0.05) is 6.92 Å². The molecule has 0 bridgehead atoms. The van der Waals surface area contributed by atoms with E-state index in [2.05, 4.69) is 38.1 Å². The first-order valence-electron chi connectivity index (χ1n) is 6.47. The maximum atomic E-state index is 5.43. The summed E-state index contributed by atoms with van der Waals surface area (Å²) in [6, 6.07) is 0. The zero-order valence-corrected chi connectivity index (χ0v) is 12.5. The molecule has 5 nitrogen and oxygen atoms in total. The monoisotopic (exact) mass is 324 g/mol. The molecule has 0 aliphatic carbocycles. The summed E-state index contributed by atoms with van der Waals surface area (Å²) < 4.78 is 8.19. The molecule has 102 valence electrons. The summed E-state index contributed by atoms with van der Waals surface area (Å²) in [5.74, 6) is 0.826. The molecule has 19 heavy (non-hydrogen) atoms. The lowest BCUT2D eigenvalue weighted by molar-refractivity contribution is 0.0300. The highest BCUT2D eigenvalue weighted by Crippen LogP contribution is 2.30. The highest BCUT2D eigenvalue weighted by atomic mass is 79.9. The van der Waals surface area contributed by atoms with Crippen molar-refractivity contribution in [1.29, 1.82) is 0 Å². The predicted molar refractivity (Wildman–Crippen MR) is 77.3 cm³/mol. The maximum Gasteiger partial charge on any atom is 0.180 e. The van der Waals surface area contributed by atoms with Crippen LogP contribution in [0.2, 0.25) is 0 Å². The summed E-state index contributed by atoms with van der Waals surface area (Å²) in [4.78, 5) is 8.82. The van der Waals surface area contributed by atoms with Gasteiger partial charge in [0.25, 0.3) is 0 Å². The van der Waals surface area contributed by atoms with Gasteiger partial charge in [-0.15, -0.1) is 0 Å². The first-order chi connectivity index (χ1) is 9.16. The molecule has 0 amide bonds. The molecule has 0 aromatic carbocycles. The Hall–Kier alpha value is -1.14. The largest absolute Gasteiger partial charge is 0.381 e. The Labute approximate surface area is 120 Å². The predicted octanol–water partition coefficient (Wildman–Crippen LogP) is 2.72. The highest BCUT2D eigenvalue weighted by molar-refractivity contribution is 9.10. The molecule has 1 aliphatic heterocycles. The number of aromatic nitrogens is 3. The number of hydrogen-bond acceptors (Lipinski definition) is 4. The summed E-state index contributed by atoms with van der Waals surface area (Å²) in [6.45, 7) is 4.89. The molecule has 1 saturated heterocycles. The Morgan fingerprint density at radius 3 is 3.05 bits per heavy atom. The minimum Gasteiger partial charge on any atom is -0.381 e. The lowest BCUT2D eigenvalue weighted by atomic mass is 9.82. The van der Waals surface area contributed by atoms with E-state index in [1.807, 2.05) is 16.8 Å². The fraction of sp³-hybridized carbons (Fsp3) is 0.538. The van der Waals surface area contributed by atoms with Gasteiger partial charge in [0.2, 0.25) is 0 Å². The fourth-order valence-corrected chi connectivity index (χ4v) is 2.76. The Bertz CT molecular complexity index is 577. The van der Waals surface area contributed by atoms with Crippen molar-refractivity contribution in [1.82, 2.24) is 14.4 Å². The number of nitrogens with zero attached hydrogens (tertiary/aromatic N) is 3. The van der Waals surface area contributed by atoms with E-state index in [0.717, 1.165) is 48.7 Å². The molecule has 3 heterocycles. The van der Waals surface area contributed by atoms with E-state index in [9.17, 15) is 0 Å². The number of rotatable bonds is 3. The number of anilines is 1. The molecule has 2 aromatic rings. The lowest BCUT2D eigenvalue weighted by Crippen LogP contribution is -2.33. The second-order valence-electron chi connectivity index (χ2n) is 5.35. The van der Waals surface area contributed by atoms with E-state index in [4.69, 9.17) is 4.74 Å². The number of imidazole rings is 1. The van der Waals surface area contributed by atoms with Crippen molar-refractivity contribution in [2.45, 2.75) is 19.8 Å². The molecule has 0 spiro atoms. The first kappa shape index (κ1) is 12.9. The van der Waals surface area contributed by atoms with Crippen molar-refractivity contribution in [2.75, 3.05) is 25.1 Å². The average Bonchev–Trinajstić information content (AvgIpc) is 2.85. The summed E-state index contributed by atoms with van der Waals surface area (Å²) in [5.41, 5.74) is 1.13. The van der Waals surface area contributed by atoms with E-state index in [-0.39, 0.29) is 5.41 Å². The SMILES string of the molecule is CC1(CNc2nc(Br)cn3ccnc23)CCOCC1. The van der Waals surface area contributed by atoms with Crippen LogP contribution < -0.4 is 5.32 Å². The molecule has 0 atom stereocenters. The van der Waals surface area contributed by atoms with Gasteiger partial charge in [-0.3, -0.25) is 0 Å². The van der Waals surface area contributed by atoms with Crippen molar-refractivity contribution in [3.05, 3.63) is 23.2 Å².